The van der Waals surface area contributed by atoms with Crippen molar-refractivity contribution in [2.75, 3.05) is 19.4 Å². The van der Waals surface area contributed by atoms with Crippen molar-refractivity contribution in [2.45, 2.75) is 12.1 Å². The summed E-state index contributed by atoms with van der Waals surface area (Å²) in [6.07, 6.45) is 0. The van der Waals surface area contributed by atoms with E-state index >= 15 is 0 Å². The number of carbonyl (C=O) groups is 3. The Morgan fingerprint density at radius 2 is 1.97 bits per heavy atom. The molecule has 0 saturated carbocycles. The molecule has 2 aromatic heterocycles. The molecule has 0 bridgehead atoms. The lowest BCUT2D eigenvalue weighted by Crippen LogP contribution is -2.52. The van der Waals surface area contributed by atoms with E-state index in [9.17, 15) is 23.6 Å². The molecule has 2 aliphatic heterocycles. The molecule has 6 rings (SSSR count). The number of nitrogen functional groups attached to an aromatic ring is 1. The van der Waals surface area contributed by atoms with Crippen LogP contribution in [0.15, 0.2) is 51.7 Å². The number of nitrogens with one attached hydrogen (secondary N) is 3. The van der Waals surface area contributed by atoms with Gasteiger partial charge >= 0.3 is 6.03 Å². The van der Waals surface area contributed by atoms with Gasteiger partial charge < -0.3 is 25.1 Å². The molecule has 2 aromatic carbocycles. The van der Waals surface area contributed by atoms with Crippen molar-refractivity contribution >= 4 is 34.8 Å². The van der Waals surface area contributed by atoms with Gasteiger partial charge in [-0.1, -0.05) is 6.07 Å². The van der Waals surface area contributed by atoms with Crippen LogP contribution >= 0.6 is 0 Å². The number of halogens is 1. The van der Waals surface area contributed by atoms with Gasteiger partial charge in [-0.05, 0) is 35.9 Å². The zero-order valence-corrected chi connectivity index (χ0v) is 19.8. The van der Waals surface area contributed by atoms with E-state index in [1.165, 1.54) is 24.1 Å². The van der Waals surface area contributed by atoms with Gasteiger partial charge in [0.15, 0.2) is 17.1 Å². The van der Waals surface area contributed by atoms with Crippen molar-refractivity contribution in [3.05, 3.63) is 75.5 Å². The van der Waals surface area contributed by atoms with E-state index in [1.807, 2.05) is 0 Å². The lowest BCUT2D eigenvalue weighted by molar-refractivity contribution is -0.125. The van der Waals surface area contributed by atoms with Crippen molar-refractivity contribution in [3.63, 3.8) is 0 Å². The maximum Gasteiger partial charge on any atom is 0.322 e. The van der Waals surface area contributed by atoms with Crippen LogP contribution in [0.1, 0.15) is 21.7 Å². The van der Waals surface area contributed by atoms with E-state index in [0.717, 1.165) is 0 Å². The molecule has 0 spiro atoms. The standard InChI is InChI=1S/C25H19FN6O6/c1-37-16-5-3-12-9-32(21(34)19(12)20(16)26)10-25(22(35)30-24(36)31-25)17-7-13-6-11(2-4-15(13)38-17)14-8-18(33)29-23(27)28-14/h2-8H,9-10H2,1H3,(H3,27,28,29,33)(H2,30,31,35,36)/t25-/m0/s1. The summed E-state index contributed by atoms with van der Waals surface area (Å²) in [7, 11) is 1.29. The van der Waals surface area contributed by atoms with Gasteiger partial charge in [-0.3, -0.25) is 24.7 Å². The molecule has 0 aliphatic carbocycles. The number of aromatic amines is 1. The predicted octanol–water partition coefficient (Wildman–Crippen LogP) is 1.60. The largest absolute Gasteiger partial charge is 0.494 e. The average molecular weight is 518 g/mol. The first-order chi connectivity index (χ1) is 18.2. The smallest absolute Gasteiger partial charge is 0.322 e. The van der Waals surface area contributed by atoms with Gasteiger partial charge in [-0.2, -0.15) is 0 Å². The summed E-state index contributed by atoms with van der Waals surface area (Å²) in [6.45, 7) is -0.307. The van der Waals surface area contributed by atoms with Gasteiger partial charge in [0, 0.05) is 23.6 Å². The molecule has 0 radical (unpaired) electrons. The number of nitrogens with zero attached hydrogens (tertiary/aromatic N) is 2. The van der Waals surface area contributed by atoms with E-state index in [0.29, 0.717) is 27.8 Å². The monoisotopic (exact) mass is 518 g/mol. The summed E-state index contributed by atoms with van der Waals surface area (Å²) in [5, 5.41) is 5.32. The van der Waals surface area contributed by atoms with Gasteiger partial charge in [0.25, 0.3) is 17.4 Å². The Kier molecular flexibility index (Phi) is 4.99. The minimum Gasteiger partial charge on any atom is -0.494 e. The van der Waals surface area contributed by atoms with Crippen LogP contribution in [-0.4, -0.2) is 46.4 Å². The maximum atomic E-state index is 14.9. The van der Waals surface area contributed by atoms with E-state index < -0.39 is 34.8 Å². The lowest BCUT2D eigenvalue weighted by atomic mass is 9.95. The number of benzene rings is 2. The summed E-state index contributed by atoms with van der Waals surface area (Å²) in [4.78, 5) is 58.2. The molecule has 1 atom stereocenters. The minimum atomic E-state index is -1.78. The molecule has 1 saturated heterocycles. The van der Waals surface area contributed by atoms with E-state index in [4.69, 9.17) is 14.9 Å². The Morgan fingerprint density at radius 1 is 1.16 bits per heavy atom. The molecule has 38 heavy (non-hydrogen) atoms. The summed E-state index contributed by atoms with van der Waals surface area (Å²) >= 11 is 0. The van der Waals surface area contributed by atoms with Gasteiger partial charge in [0.05, 0.1) is 24.9 Å². The van der Waals surface area contributed by atoms with Crippen LogP contribution in [0.2, 0.25) is 0 Å². The number of carbonyl (C=O) groups excluding carboxylic acids is 3. The fourth-order valence-corrected chi connectivity index (χ4v) is 4.86. The fraction of sp³-hybridized carbons (Fsp3) is 0.160. The van der Waals surface area contributed by atoms with Crippen LogP contribution in [0.25, 0.3) is 22.2 Å². The number of aromatic nitrogens is 2. The Hall–Kier alpha value is -5.20. The first kappa shape index (κ1) is 23.2. The van der Waals surface area contributed by atoms with Crippen molar-refractivity contribution < 1.29 is 27.9 Å². The van der Waals surface area contributed by atoms with E-state index in [2.05, 4.69) is 20.6 Å². The number of H-pyrrole nitrogens is 1. The SMILES string of the molecule is COc1ccc2c(c1F)C(=O)N(C[C@@]1(c3cc4cc(-c5cc(=O)[nH]c(N)n5)ccc4o3)NC(=O)NC1=O)C2. The summed E-state index contributed by atoms with van der Waals surface area (Å²) in [5.74, 6) is -2.24. The molecule has 4 aromatic rings. The van der Waals surface area contributed by atoms with Crippen LogP contribution < -0.4 is 26.7 Å². The first-order valence-electron chi connectivity index (χ1n) is 11.4. The minimum absolute atomic E-state index is 0.0139. The summed E-state index contributed by atoms with van der Waals surface area (Å²) in [6, 6.07) is 10.0. The zero-order valence-electron chi connectivity index (χ0n) is 19.8. The number of methoxy groups -OCH3 is 1. The molecule has 4 heterocycles. The molecule has 13 heteroatoms. The number of hydrogen-bond donors (Lipinski definition) is 4. The van der Waals surface area contributed by atoms with Gasteiger partial charge in [-0.15, -0.1) is 0 Å². The molecular weight excluding hydrogens is 499 g/mol. The van der Waals surface area contributed by atoms with Crippen LogP contribution in [0.5, 0.6) is 5.75 Å². The molecule has 12 nitrogen and oxygen atoms in total. The van der Waals surface area contributed by atoms with Gasteiger partial charge in [0.1, 0.15) is 11.3 Å². The molecule has 4 amide bonds. The number of furan rings is 1. The normalized spacial score (nSPS) is 18.6. The second kappa shape index (κ2) is 8.16. The predicted molar refractivity (Wildman–Crippen MR) is 131 cm³/mol. The van der Waals surface area contributed by atoms with Gasteiger partial charge in [-0.25, -0.2) is 14.2 Å². The second-order valence-corrected chi connectivity index (χ2v) is 8.97. The Bertz CT molecular complexity index is 1750. The highest BCUT2D eigenvalue weighted by Gasteiger charge is 2.53. The molecule has 0 unspecified atom stereocenters. The quantitative estimate of drug-likeness (QED) is 0.288. The van der Waals surface area contributed by atoms with Crippen molar-refractivity contribution in [3.8, 4) is 17.0 Å². The Labute approximate surface area is 212 Å². The Balaban J connectivity index is 1.40. The van der Waals surface area contributed by atoms with E-state index in [1.54, 1.807) is 30.3 Å². The molecular formula is C25H19FN6O6. The van der Waals surface area contributed by atoms with Gasteiger partial charge in [0.2, 0.25) is 5.95 Å². The average Bonchev–Trinajstić information content (AvgIpc) is 3.52. The topological polar surface area (TPSA) is 173 Å². The van der Waals surface area contributed by atoms with Crippen LogP contribution in [0.3, 0.4) is 0 Å². The third-order valence-corrected chi connectivity index (χ3v) is 6.64. The van der Waals surface area contributed by atoms with E-state index in [-0.39, 0.29) is 36.1 Å². The zero-order chi connectivity index (χ0) is 26.8. The van der Waals surface area contributed by atoms with Crippen LogP contribution in [-0.2, 0) is 16.9 Å². The number of rotatable bonds is 5. The third-order valence-electron chi connectivity index (χ3n) is 6.64. The fourth-order valence-electron chi connectivity index (χ4n) is 4.86. The lowest BCUT2D eigenvalue weighted by Gasteiger charge is -2.29. The van der Waals surface area contributed by atoms with Crippen molar-refractivity contribution in [1.82, 2.24) is 25.5 Å². The van der Waals surface area contributed by atoms with Crippen molar-refractivity contribution in [1.29, 1.82) is 0 Å². The van der Waals surface area contributed by atoms with Crippen LogP contribution in [0, 0.1) is 5.82 Å². The Morgan fingerprint density at radius 3 is 2.68 bits per heavy atom. The third kappa shape index (κ3) is 3.47. The second-order valence-electron chi connectivity index (χ2n) is 8.97. The summed E-state index contributed by atoms with van der Waals surface area (Å²) in [5.41, 5.74) is 5.00. The number of imide groups is 1. The number of amides is 4. The maximum absolute atomic E-state index is 14.9. The first-order valence-corrected chi connectivity index (χ1v) is 11.4. The number of anilines is 1. The number of ether oxygens (including phenoxy) is 1. The van der Waals surface area contributed by atoms with Crippen LogP contribution in [0.4, 0.5) is 15.1 Å². The summed E-state index contributed by atoms with van der Waals surface area (Å²) < 4.78 is 25.8. The van der Waals surface area contributed by atoms with Crippen molar-refractivity contribution in [2.24, 2.45) is 0 Å². The number of fused-ring (bicyclic) bond motifs is 2. The molecule has 1 fully saturated rings. The number of urea groups is 1. The highest BCUT2D eigenvalue weighted by molar-refractivity contribution is 6.08. The number of nitrogens with two attached hydrogens (primary N) is 1. The molecule has 2 aliphatic rings. The molecule has 5 N–H and O–H groups in total. The molecule has 192 valence electrons. The highest BCUT2D eigenvalue weighted by atomic mass is 19.1. The highest BCUT2D eigenvalue weighted by Crippen LogP contribution is 2.37. The number of hydrogen-bond acceptors (Lipinski definition) is 8.